The van der Waals surface area contributed by atoms with Crippen LogP contribution in [0.3, 0.4) is 0 Å². The van der Waals surface area contributed by atoms with Gasteiger partial charge in [-0.1, -0.05) is 97.6 Å². The van der Waals surface area contributed by atoms with Crippen molar-refractivity contribution in [1.29, 1.82) is 0 Å². The number of nitrogens with two attached hydrogens (primary N) is 1. The van der Waals surface area contributed by atoms with Gasteiger partial charge in [0, 0.05) is 146 Å². The summed E-state index contributed by atoms with van der Waals surface area (Å²) in [7, 11) is 0. The van der Waals surface area contributed by atoms with Crippen LogP contribution in [0.5, 0.6) is 0 Å². The molecule has 37 nitrogen and oxygen atoms in total. The monoisotopic (exact) mass is 1870 g/mol. The number of hydrogen-bond donors (Lipinski definition) is 13. The number of β-lactam (4-membered cyclic amide) rings is 6. The van der Waals surface area contributed by atoms with Crippen molar-refractivity contribution >= 4 is 71.3 Å². The van der Waals surface area contributed by atoms with Gasteiger partial charge in [0.1, 0.15) is 34.2 Å². The highest BCUT2D eigenvalue weighted by atomic mass is 16.4. The number of aliphatic hydroxyl groups excluding tert-OH is 6. The Morgan fingerprint density at radius 2 is 0.451 bits per heavy atom. The molecule has 18 aliphatic rings. The second kappa shape index (κ2) is 40.4. The van der Waals surface area contributed by atoms with E-state index in [0.29, 0.717) is 80.5 Å². The lowest BCUT2D eigenvalue weighted by Crippen LogP contribution is -2.63. The van der Waals surface area contributed by atoms with Gasteiger partial charge in [-0.3, -0.25) is 58.2 Å². The molecule has 0 bridgehead atoms. The van der Waals surface area contributed by atoms with E-state index in [-0.39, 0.29) is 156 Å². The molecule has 12 fully saturated rings. The molecule has 740 valence electrons. The average molecular weight is 1870 g/mol. The molecule has 0 radical (unpaired) electrons. The van der Waals surface area contributed by atoms with Crippen LogP contribution in [0.2, 0.25) is 0 Å². The fourth-order valence-electron chi connectivity index (χ4n) is 25.1. The van der Waals surface area contributed by atoms with Gasteiger partial charge in [0.25, 0.3) is 0 Å². The van der Waals surface area contributed by atoms with Crippen molar-refractivity contribution in [2.24, 2.45) is 112 Å². The van der Waals surface area contributed by atoms with E-state index in [2.05, 4.69) is 70.6 Å². The summed E-state index contributed by atoms with van der Waals surface area (Å²) in [5.74, 6) is -7.09. The Morgan fingerprint density at radius 3 is 0.586 bits per heavy atom. The minimum Gasteiger partial charge on any atom is -0.477 e. The second-order valence-electron chi connectivity index (χ2n) is 41.7. The number of rotatable bonds is 26. The molecule has 18 rings (SSSR count). The van der Waals surface area contributed by atoms with Crippen molar-refractivity contribution in [1.82, 2.24) is 58.8 Å². The SMILES string of the molecule is C.C.C=C(N)CC1CN(CC2=C(C(=O)O)N3C(=O)C([C@@H](C)O)C3[C@H]2C)C1.CC1CN(CC2=C(C(=O)O)N3C(=O)C([C@@H](C)O)C3[C@H]2C)C1.CC1CN(CC2=C(C(=O)O)N3C(=O)C([C@@H](C)O)C3[C@H]2C)C1.CC1CN(CC2=C(C(=O)O)N3C(=O)C([C@@H](C)O)C3[C@H]2C)C1.C[C@H]1CCN(CC2=C(C(=O)O)N3C(=O)C([C@@H](C)O)C3[C@H]2C)C1.C[C@H]1CCN(CC2=C(C(=O)O)N3C(=O)C([C@@H](C)O)C3[C@H]2C)C1. The number of carbonyl (C=O) groups is 12. The molecule has 0 aromatic rings. The summed E-state index contributed by atoms with van der Waals surface area (Å²) in [6.07, 6.45) is -1.40. The molecule has 6 amide bonds. The van der Waals surface area contributed by atoms with Gasteiger partial charge in [0.2, 0.25) is 35.4 Å². The zero-order valence-electron chi connectivity index (χ0n) is 78.6. The Kier molecular flexibility index (Phi) is 31.8. The van der Waals surface area contributed by atoms with E-state index >= 15 is 0 Å². The standard InChI is InChI=1S/C17H25N3O4.2C16H24N2O4.3C15H22N2O4.2CH4/c1-8(18)4-11-5-19(6-11)7-12-9(2)14-13(10(3)21)16(22)20(14)15(12)17(23)24;2*1-8-4-5-17(6-8)7-11-9(2)13-12(10(3)19)15(20)18(13)14(11)16(21)22;3*1-7-4-16(5-7)6-10-8(2)12-11(9(3)18)14(19)17(12)13(10)15(20)21;;/h9-11,13-14,21H,1,4-7,18H2,2-3H3,(H,23,24);2*8-10,12-13,19H,4-7H2,1-3H3,(H,21,22);3*7-9,11-12,18H,4-6H2,1-3H3,(H,20,21);2*1H4/t9-,10+,13?,14?;2*8-,9-,10+,12?,13?;3*8-,9+,11?,12?;;/m000000../s1. The van der Waals surface area contributed by atoms with E-state index in [1.807, 2.05) is 41.5 Å². The maximum atomic E-state index is 12.3. The fourth-order valence-corrected chi connectivity index (χ4v) is 25.1. The lowest BCUT2D eigenvalue weighted by atomic mass is 9.77. The van der Waals surface area contributed by atoms with E-state index in [4.69, 9.17) is 5.73 Å². The normalized spacial score (nSPS) is 34.2. The van der Waals surface area contributed by atoms with Gasteiger partial charge >= 0.3 is 35.8 Å². The molecule has 37 heteroatoms. The molecule has 12 saturated heterocycles. The minimum atomic E-state index is -1.07. The van der Waals surface area contributed by atoms with E-state index in [9.17, 15) is 119 Å². The van der Waals surface area contributed by atoms with Crippen LogP contribution < -0.4 is 5.73 Å². The van der Waals surface area contributed by atoms with Gasteiger partial charge in [-0.05, 0) is 143 Å². The molecule has 14 N–H and O–H groups in total. The molecule has 26 atom stereocenters. The van der Waals surface area contributed by atoms with Crippen LogP contribution in [0.15, 0.2) is 79.9 Å². The number of carboxylic acid groups (broad SMARTS) is 6. The molecule has 0 spiro atoms. The zero-order valence-corrected chi connectivity index (χ0v) is 78.6. The predicted molar refractivity (Wildman–Crippen MR) is 486 cm³/mol. The van der Waals surface area contributed by atoms with Crippen LogP contribution in [0.25, 0.3) is 0 Å². The lowest BCUT2D eigenvalue weighted by molar-refractivity contribution is -0.163. The molecular formula is C96H147N13O24. The summed E-state index contributed by atoms with van der Waals surface area (Å²) in [5.41, 5.74) is 12.1. The van der Waals surface area contributed by atoms with Gasteiger partial charge in [-0.25, -0.2) is 28.8 Å². The third-order valence-corrected chi connectivity index (χ3v) is 31.5. The number of nitrogens with zero attached hydrogens (tertiary/aromatic N) is 12. The topological polar surface area (TPSA) is 513 Å². The Morgan fingerprint density at radius 1 is 0.293 bits per heavy atom. The summed E-state index contributed by atoms with van der Waals surface area (Å²) in [5, 5.41) is 116. The Labute approximate surface area is 779 Å². The van der Waals surface area contributed by atoms with Crippen LogP contribution in [0.4, 0.5) is 0 Å². The van der Waals surface area contributed by atoms with Gasteiger partial charge in [-0.15, -0.1) is 0 Å². The highest BCUT2D eigenvalue weighted by Crippen LogP contribution is 2.54. The van der Waals surface area contributed by atoms with E-state index in [0.717, 1.165) is 131 Å². The first-order valence-electron chi connectivity index (χ1n) is 47.0. The number of likely N-dealkylation sites (tertiary alicyclic amines) is 6. The van der Waals surface area contributed by atoms with Gasteiger partial charge < -0.3 is 96.4 Å². The molecule has 0 aromatic heterocycles. The van der Waals surface area contributed by atoms with Gasteiger partial charge in [-0.2, -0.15) is 0 Å². The first-order valence-corrected chi connectivity index (χ1v) is 47.0. The van der Waals surface area contributed by atoms with E-state index < -0.39 is 108 Å². The third-order valence-electron chi connectivity index (χ3n) is 31.5. The van der Waals surface area contributed by atoms with Gasteiger partial charge in [0.15, 0.2) is 0 Å². The Balaban J connectivity index is 0.000000153. The highest BCUT2D eigenvalue weighted by Gasteiger charge is 2.66. The largest absolute Gasteiger partial charge is 0.477 e. The molecule has 12 unspecified atom stereocenters. The van der Waals surface area contributed by atoms with Crippen molar-refractivity contribution in [2.45, 2.75) is 225 Å². The summed E-state index contributed by atoms with van der Waals surface area (Å²) in [6.45, 7) is 51.1. The van der Waals surface area contributed by atoms with E-state index in [1.54, 1.807) is 41.5 Å². The quantitative estimate of drug-likeness (QED) is 0.0554. The van der Waals surface area contributed by atoms with Crippen LogP contribution in [-0.2, 0) is 57.5 Å². The number of carbonyl (C=O) groups excluding carboxylic acids is 6. The van der Waals surface area contributed by atoms with Crippen molar-refractivity contribution in [3.05, 3.63) is 79.9 Å². The molecule has 0 aliphatic carbocycles. The molecule has 18 aliphatic heterocycles. The van der Waals surface area contributed by atoms with Crippen molar-refractivity contribution < 1.29 is 119 Å². The Hall–Kier alpha value is -8.86. The van der Waals surface area contributed by atoms with Crippen molar-refractivity contribution in [2.75, 3.05) is 118 Å². The number of fused-ring (bicyclic) bond motifs is 6. The molecular weight excluding hydrogens is 1720 g/mol. The van der Waals surface area contributed by atoms with Crippen LogP contribution in [-0.4, -0.2) is 382 Å². The predicted octanol–water partition coefficient (Wildman–Crippen LogP) is 2.70. The van der Waals surface area contributed by atoms with Crippen LogP contribution >= 0.6 is 0 Å². The van der Waals surface area contributed by atoms with Crippen LogP contribution in [0, 0.1) is 107 Å². The lowest BCUT2D eigenvalue weighted by Gasteiger charge is -2.46. The fraction of sp³-hybridized carbons (Fsp3) is 0.729. The van der Waals surface area contributed by atoms with Crippen molar-refractivity contribution in [3.63, 3.8) is 0 Å². The minimum absolute atomic E-state index is 0. The number of aliphatic carboxylic acids is 6. The average Bonchev–Trinajstić information content (AvgIpc) is 1.58. The van der Waals surface area contributed by atoms with Crippen LogP contribution in [0.1, 0.15) is 152 Å². The van der Waals surface area contributed by atoms with E-state index in [1.165, 1.54) is 29.4 Å². The molecule has 0 aromatic carbocycles. The summed E-state index contributed by atoms with van der Waals surface area (Å²) < 4.78 is 0. The molecule has 0 saturated carbocycles. The highest BCUT2D eigenvalue weighted by molar-refractivity contribution is 6.04. The zero-order chi connectivity index (χ0) is 96.5. The summed E-state index contributed by atoms with van der Waals surface area (Å²) >= 11 is 0. The number of allylic oxidation sites excluding steroid dienone is 1. The second-order valence-corrected chi connectivity index (χ2v) is 41.7. The Bertz CT molecular complexity index is 4460. The maximum Gasteiger partial charge on any atom is 0.352 e. The molecule has 18 heterocycles. The first kappa shape index (κ1) is 105. The number of amides is 6. The number of hydrogen-bond acceptors (Lipinski definition) is 25. The third kappa shape index (κ3) is 18.9. The van der Waals surface area contributed by atoms with Gasteiger partial charge in [0.05, 0.1) is 108 Å². The summed E-state index contributed by atoms with van der Waals surface area (Å²) in [4.78, 5) is 165. The summed E-state index contributed by atoms with van der Waals surface area (Å²) in [6, 6.07) is -1.23. The number of aliphatic hydroxyl groups is 6. The first-order chi connectivity index (χ1) is 61.3. The maximum absolute atomic E-state index is 12.3. The van der Waals surface area contributed by atoms with Crippen molar-refractivity contribution in [3.8, 4) is 0 Å². The smallest absolute Gasteiger partial charge is 0.352 e. The number of carboxylic acids is 6. The molecule has 133 heavy (non-hydrogen) atoms.